The Bertz CT molecular complexity index is 444. The summed E-state index contributed by atoms with van der Waals surface area (Å²) in [6.07, 6.45) is 8.02. The van der Waals surface area contributed by atoms with Crippen molar-refractivity contribution in [3.8, 4) is 0 Å². The molecule has 2 N–H and O–H groups in total. The summed E-state index contributed by atoms with van der Waals surface area (Å²) in [7, 11) is 0. The Hall–Kier alpha value is -0.900. The molecule has 1 heterocycles. The van der Waals surface area contributed by atoms with Crippen LogP contribution in [0, 0.1) is 11.8 Å². The normalized spacial score (nSPS) is 39.6. The molecule has 4 atom stereocenters. The maximum atomic E-state index is 6.51. The minimum atomic E-state index is -0.382. The molecule has 3 rings (SSSR count). The Morgan fingerprint density at radius 3 is 2.74 bits per heavy atom. The summed E-state index contributed by atoms with van der Waals surface area (Å²) < 4.78 is 5.52. The molecule has 0 spiro atoms. The molecule has 2 fully saturated rings. The topological polar surface area (TPSA) is 64.9 Å². The lowest BCUT2D eigenvalue weighted by atomic mass is 9.77. The van der Waals surface area contributed by atoms with Gasteiger partial charge in [-0.2, -0.15) is 4.98 Å². The van der Waals surface area contributed by atoms with Crippen LogP contribution in [-0.2, 0) is 5.54 Å². The molecule has 4 heteroatoms. The van der Waals surface area contributed by atoms with Gasteiger partial charge in [0.15, 0.2) is 5.82 Å². The highest BCUT2D eigenvalue weighted by Gasteiger charge is 2.38. The number of rotatable bonds is 2. The number of nitrogens with zero attached hydrogens (tertiary/aromatic N) is 2. The summed E-state index contributed by atoms with van der Waals surface area (Å²) in [5, 5.41) is 4.21. The fourth-order valence-corrected chi connectivity index (χ4v) is 3.83. The minimum absolute atomic E-state index is 0.382. The molecule has 1 aromatic rings. The maximum absolute atomic E-state index is 6.51. The molecular formula is C15H25N3O. The fourth-order valence-electron chi connectivity index (χ4n) is 3.83. The van der Waals surface area contributed by atoms with E-state index in [9.17, 15) is 0 Å². The van der Waals surface area contributed by atoms with Gasteiger partial charge in [0.05, 0.1) is 5.54 Å². The van der Waals surface area contributed by atoms with Crippen molar-refractivity contribution in [2.75, 3.05) is 0 Å². The van der Waals surface area contributed by atoms with E-state index in [0.717, 1.165) is 31.0 Å². The van der Waals surface area contributed by atoms with Crippen molar-refractivity contribution < 1.29 is 4.52 Å². The van der Waals surface area contributed by atoms with Crippen LogP contribution in [0.1, 0.15) is 76.4 Å². The molecule has 2 saturated carbocycles. The number of aromatic nitrogens is 2. The Labute approximate surface area is 115 Å². The van der Waals surface area contributed by atoms with Crippen LogP contribution in [0.3, 0.4) is 0 Å². The van der Waals surface area contributed by atoms with E-state index in [1.807, 2.05) is 0 Å². The number of hydrogen-bond donors (Lipinski definition) is 1. The van der Waals surface area contributed by atoms with Crippen LogP contribution in [0.5, 0.6) is 0 Å². The first-order valence-corrected chi connectivity index (χ1v) is 7.70. The molecule has 2 aliphatic rings. The SMILES string of the molecule is CC1CCC(c2noc(C3(N)CCCC(C)C3)n2)C1. The molecule has 4 nitrogen and oxygen atoms in total. The predicted octanol–water partition coefficient (Wildman–Crippen LogP) is 3.34. The number of nitrogens with two attached hydrogens (primary N) is 1. The third-order valence-electron chi connectivity index (χ3n) is 4.96. The van der Waals surface area contributed by atoms with Crippen molar-refractivity contribution in [1.29, 1.82) is 0 Å². The average Bonchev–Trinajstić information content (AvgIpc) is 2.96. The van der Waals surface area contributed by atoms with E-state index in [1.54, 1.807) is 0 Å². The van der Waals surface area contributed by atoms with E-state index >= 15 is 0 Å². The monoisotopic (exact) mass is 263 g/mol. The maximum Gasteiger partial charge on any atom is 0.246 e. The second kappa shape index (κ2) is 4.89. The zero-order valence-electron chi connectivity index (χ0n) is 12.1. The van der Waals surface area contributed by atoms with Gasteiger partial charge in [0.2, 0.25) is 5.89 Å². The molecule has 19 heavy (non-hydrogen) atoms. The molecule has 0 saturated heterocycles. The number of hydrogen-bond acceptors (Lipinski definition) is 4. The first kappa shape index (κ1) is 13.1. The molecule has 0 aromatic carbocycles. The first-order valence-electron chi connectivity index (χ1n) is 7.70. The van der Waals surface area contributed by atoms with Gasteiger partial charge in [-0.15, -0.1) is 0 Å². The standard InChI is InChI=1S/C15H25N3O/c1-10-5-6-12(8-10)13-17-14(19-18-13)15(16)7-3-4-11(2)9-15/h10-12H,3-9,16H2,1-2H3. The third-order valence-corrected chi connectivity index (χ3v) is 4.96. The molecule has 2 aliphatic carbocycles. The summed E-state index contributed by atoms with van der Waals surface area (Å²) >= 11 is 0. The summed E-state index contributed by atoms with van der Waals surface area (Å²) in [4.78, 5) is 4.65. The van der Waals surface area contributed by atoms with E-state index in [0.29, 0.717) is 17.7 Å². The fraction of sp³-hybridized carbons (Fsp3) is 0.867. The van der Waals surface area contributed by atoms with Gasteiger partial charge in [-0.3, -0.25) is 0 Å². The zero-order valence-corrected chi connectivity index (χ0v) is 12.1. The second-order valence-electron chi connectivity index (χ2n) is 6.93. The highest BCUT2D eigenvalue weighted by molar-refractivity contribution is 5.07. The summed E-state index contributed by atoms with van der Waals surface area (Å²) in [6, 6.07) is 0. The molecule has 4 unspecified atom stereocenters. The van der Waals surface area contributed by atoms with Crippen LogP contribution in [0.4, 0.5) is 0 Å². The molecular weight excluding hydrogens is 238 g/mol. The average molecular weight is 263 g/mol. The minimum Gasteiger partial charge on any atom is -0.337 e. The lowest BCUT2D eigenvalue weighted by Gasteiger charge is -2.33. The van der Waals surface area contributed by atoms with Gasteiger partial charge in [0, 0.05) is 5.92 Å². The zero-order chi connectivity index (χ0) is 13.5. The van der Waals surface area contributed by atoms with Gasteiger partial charge in [0.1, 0.15) is 0 Å². The first-order chi connectivity index (χ1) is 9.07. The Morgan fingerprint density at radius 1 is 1.21 bits per heavy atom. The second-order valence-corrected chi connectivity index (χ2v) is 6.93. The van der Waals surface area contributed by atoms with Crippen LogP contribution >= 0.6 is 0 Å². The van der Waals surface area contributed by atoms with E-state index in [-0.39, 0.29) is 5.54 Å². The molecule has 0 radical (unpaired) electrons. The van der Waals surface area contributed by atoms with E-state index in [1.165, 1.54) is 25.7 Å². The molecule has 0 bridgehead atoms. The van der Waals surface area contributed by atoms with Crippen molar-refractivity contribution in [3.05, 3.63) is 11.7 Å². The summed E-state index contributed by atoms with van der Waals surface area (Å²) in [5.74, 6) is 3.49. The third kappa shape index (κ3) is 2.55. The van der Waals surface area contributed by atoms with Crippen molar-refractivity contribution in [2.45, 2.75) is 70.3 Å². The quantitative estimate of drug-likeness (QED) is 0.888. The van der Waals surface area contributed by atoms with Crippen molar-refractivity contribution in [3.63, 3.8) is 0 Å². The van der Waals surface area contributed by atoms with Gasteiger partial charge >= 0.3 is 0 Å². The lowest BCUT2D eigenvalue weighted by molar-refractivity contribution is 0.183. The van der Waals surface area contributed by atoms with Crippen LogP contribution in [0.25, 0.3) is 0 Å². The molecule has 0 amide bonds. The summed E-state index contributed by atoms with van der Waals surface area (Å²) in [5.41, 5.74) is 6.13. The Balaban J connectivity index is 1.77. The highest BCUT2D eigenvalue weighted by atomic mass is 16.5. The molecule has 1 aromatic heterocycles. The molecule has 106 valence electrons. The van der Waals surface area contributed by atoms with Gasteiger partial charge in [-0.1, -0.05) is 31.8 Å². The van der Waals surface area contributed by atoms with Gasteiger partial charge in [-0.05, 0) is 43.9 Å². The summed E-state index contributed by atoms with van der Waals surface area (Å²) in [6.45, 7) is 4.56. The van der Waals surface area contributed by atoms with Crippen LogP contribution in [0.2, 0.25) is 0 Å². The van der Waals surface area contributed by atoms with Gasteiger partial charge in [-0.25, -0.2) is 0 Å². The van der Waals surface area contributed by atoms with Crippen molar-refractivity contribution in [1.82, 2.24) is 10.1 Å². The van der Waals surface area contributed by atoms with Crippen LogP contribution in [-0.4, -0.2) is 10.1 Å². The van der Waals surface area contributed by atoms with Gasteiger partial charge < -0.3 is 10.3 Å². The van der Waals surface area contributed by atoms with E-state index in [4.69, 9.17) is 10.3 Å². The van der Waals surface area contributed by atoms with Crippen molar-refractivity contribution >= 4 is 0 Å². The Morgan fingerprint density at radius 2 is 2.05 bits per heavy atom. The predicted molar refractivity (Wildman–Crippen MR) is 73.6 cm³/mol. The lowest BCUT2D eigenvalue weighted by Crippen LogP contribution is -2.41. The smallest absolute Gasteiger partial charge is 0.246 e. The Kier molecular flexibility index (Phi) is 3.37. The van der Waals surface area contributed by atoms with Crippen molar-refractivity contribution in [2.24, 2.45) is 17.6 Å². The highest BCUT2D eigenvalue weighted by Crippen LogP contribution is 2.40. The van der Waals surface area contributed by atoms with Gasteiger partial charge in [0.25, 0.3) is 0 Å². The van der Waals surface area contributed by atoms with Crippen LogP contribution < -0.4 is 5.73 Å². The van der Waals surface area contributed by atoms with Crippen LogP contribution in [0.15, 0.2) is 4.52 Å². The van der Waals surface area contributed by atoms with E-state index in [2.05, 4.69) is 24.0 Å². The molecule has 0 aliphatic heterocycles. The largest absolute Gasteiger partial charge is 0.337 e. The van der Waals surface area contributed by atoms with E-state index < -0.39 is 0 Å².